The zero-order valence-corrected chi connectivity index (χ0v) is 41.4. The smallest absolute Gasteiger partial charge is 0.0714 e. The highest BCUT2D eigenvalue weighted by molar-refractivity contribution is 5.98. The van der Waals surface area contributed by atoms with E-state index in [9.17, 15) is 0 Å². The van der Waals surface area contributed by atoms with Gasteiger partial charge in [-0.3, -0.25) is 0 Å². The molecule has 0 amide bonds. The largest absolute Gasteiger partial charge is 0.310 e. The molecular weight excluding hydrogens is 903 g/mol. The lowest BCUT2D eigenvalue weighted by Gasteiger charge is -2.35. The van der Waals surface area contributed by atoms with Crippen LogP contribution in [0.5, 0.6) is 0 Å². The van der Waals surface area contributed by atoms with Gasteiger partial charge in [0.1, 0.15) is 0 Å². The molecule has 0 bridgehead atoms. The molecule has 1 heteroatoms. The van der Waals surface area contributed by atoms with Crippen LogP contribution in [-0.4, -0.2) is 0 Å². The highest BCUT2D eigenvalue weighted by Crippen LogP contribution is 2.60. The molecular formula is C74H51N. The Kier molecular flexibility index (Phi) is 10.7. The number of hydrogen-bond donors (Lipinski definition) is 0. The maximum absolute atomic E-state index is 2.50. The Morgan fingerprint density at radius 2 is 0.533 bits per heavy atom. The first-order chi connectivity index (χ1) is 37.2. The normalized spacial score (nSPS) is 13.3. The zero-order chi connectivity index (χ0) is 49.8. The summed E-state index contributed by atoms with van der Waals surface area (Å²) in [7, 11) is 0. The molecule has 0 saturated carbocycles. The molecule has 2 aliphatic rings. The Morgan fingerprint density at radius 3 is 0.987 bits per heavy atom. The van der Waals surface area contributed by atoms with Crippen LogP contribution in [0.1, 0.15) is 44.5 Å². The molecule has 0 saturated heterocycles. The van der Waals surface area contributed by atoms with E-state index in [-0.39, 0.29) is 0 Å². The van der Waals surface area contributed by atoms with E-state index in [0.29, 0.717) is 0 Å². The predicted octanol–water partition coefficient (Wildman–Crippen LogP) is 18.9. The van der Waals surface area contributed by atoms with Crippen molar-refractivity contribution in [2.45, 2.75) is 10.8 Å². The SMILES string of the molecule is c1ccc(-c2cc(-c3ccccc3)cc(-c3ccc(N(c4ccc(C5(c6ccccc6)c6ccccc6-c6ccccc65)cc4)c4cccc5c4-c4ccccc4C5(c4ccccc4)c4ccccc4)cc3)c2)cc1. The molecule has 1 nitrogen and oxygen atoms in total. The van der Waals surface area contributed by atoms with Crippen molar-refractivity contribution in [2.75, 3.05) is 4.90 Å². The first kappa shape index (κ1) is 44.2. The van der Waals surface area contributed by atoms with Crippen LogP contribution in [-0.2, 0) is 10.8 Å². The first-order valence-electron chi connectivity index (χ1n) is 26.1. The third-order valence-electron chi connectivity index (χ3n) is 16.0. The number of fused-ring (bicyclic) bond motifs is 6. The lowest BCUT2D eigenvalue weighted by molar-refractivity contribution is 0.768. The molecule has 0 N–H and O–H groups in total. The van der Waals surface area contributed by atoms with Gasteiger partial charge in [0.05, 0.1) is 16.5 Å². The minimum absolute atomic E-state index is 0.510. The van der Waals surface area contributed by atoms with Gasteiger partial charge < -0.3 is 4.90 Å². The summed E-state index contributed by atoms with van der Waals surface area (Å²) in [6.45, 7) is 0. The number of hydrogen-bond acceptors (Lipinski definition) is 1. The maximum atomic E-state index is 2.50. The molecule has 0 aliphatic heterocycles. The van der Waals surface area contributed by atoms with Gasteiger partial charge in [0.25, 0.3) is 0 Å². The molecule has 12 aromatic rings. The van der Waals surface area contributed by atoms with E-state index >= 15 is 0 Å². The number of nitrogens with zero attached hydrogens (tertiary/aromatic N) is 1. The molecule has 75 heavy (non-hydrogen) atoms. The van der Waals surface area contributed by atoms with Crippen LogP contribution in [0.15, 0.2) is 309 Å². The van der Waals surface area contributed by atoms with Crippen molar-refractivity contribution >= 4 is 17.1 Å². The molecule has 0 heterocycles. The fourth-order valence-electron chi connectivity index (χ4n) is 12.9. The Hall–Kier alpha value is -9.56. The van der Waals surface area contributed by atoms with Crippen LogP contribution >= 0.6 is 0 Å². The Labute approximate surface area is 440 Å². The lowest BCUT2D eigenvalue weighted by atomic mass is 9.67. The van der Waals surface area contributed by atoms with E-state index in [1.54, 1.807) is 0 Å². The monoisotopic (exact) mass is 953 g/mol. The van der Waals surface area contributed by atoms with Crippen molar-refractivity contribution in [1.29, 1.82) is 0 Å². The van der Waals surface area contributed by atoms with Crippen LogP contribution in [0.3, 0.4) is 0 Å². The summed E-state index contributed by atoms with van der Waals surface area (Å²) in [5.41, 5.74) is 24.5. The van der Waals surface area contributed by atoms with E-state index in [0.717, 1.165) is 22.6 Å². The van der Waals surface area contributed by atoms with Crippen LogP contribution in [0.4, 0.5) is 17.1 Å². The van der Waals surface area contributed by atoms with Gasteiger partial charge in [0, 0.05) is 16.9 Å². The van der Waals surface area contributed by atoms with Gasteiger partial charge in [-0.25, -0.2) is 0 Å². The van der Waals surface area contributed by atoms with E-state index in [4.69, 9.17) is 0 Å². The number of anilines is 3. The molecule has 0 atom stereocenters. The summed E-state index contributed by atoms with van der Waals surface area (Å²) < 4.78 is 0. The van der Waals surface area contributed by atoms with Gasteiger partial charge in [0.15, 0.2) is 0 Å². The van der Waals surface area contributed by atoms with Gasteiger partial charge in [-0.05, 0) is 143 Å². The minimum atomic E-state index is -0.546. The van der Waals surface area contributed by atoms with Crippen LogP contribution in [0.25, 0.3) is 55.6 Å². The fraction of sp³-hybridized carbons (Fsp3) is 0.0270. The van der Waals surface area contributed by atoms with Crippen molar-refractivity contribution in [3.63, 3.8) is 0 Å². The average Bonchev–Trinajstić information content (AvgIpc) is 4.04. The third kappa shape index (κ3) is 7.00. The maximum Gasteiger partial charge on any atom is 0.0714 e. The van der Waals surface area contributed by atoms with E-state index in [1.165, 1.54) is 94.6 Å². The van der Waals surface area contributed by atoms with Crippen LogP contribution in [0.2, 0.25) is 0 Å². The van der Waals surface area contributed by atoms with Gasteiger partial charge in [0.2, 0.25) is 0 Å². The van der Waals surface area contributed by atoms with Gasteiger partial charge in [-0.15, -0.1) is 0 Å². The second-order valence-electron chi connectivity index (χ2n) is 19.9. The molecule has 0 fully saturated rings. The molecule has 0 unspecified atom stereocenters. The highest BCUT2D eigenvalue weighted by Gasteiger charge is 2.48. The van der Waals surface area contributed by atoms with Gasteiger partial charge >= 0.3 is 0 Å². The first-order valence-corrected chi connectivity index (χ1v) is 26.1. The highest BCUT2D eigenvalue weighted by atomic mass is 15.1. The zero-order valence-electron chi connectivity index (χ0n) is 41.4. The molecule has 14 rings (SSSR count). The topological polar surface area (TPSA) is 3.24 Å². The number of benzene rings is 12. The summed E-state index contributed by atoms with van der Waals surface area (Å²) in [6, 6.07) is 114. The van der Waals surface area contributed by atoms with Gasteiger partial charge in [-0.2, -0.15) is 0 Å². The molecule has 2 aliphatic carbocycles. The van der Waals surface area contributed by atoms with E-state index in [2.05, 4.69) is 314 Å². The Balaban J connectivity index is 0.984. The quantitative estimate of drug-likeness (QED) is 0.132. The average molecular weight is 954 g/mol. The molecule has 0 spiro atoms. The molecule has 12 aromatic carbocycles. The second kappa shape index (κ2) is 18.2. The van der Waals surface area contributed by atoms with Crippen molar-refractivity contribution < 1.29 is 0 Å². The van der Waals surface area contributed by atoms with Crippen LogP contribution < -0.4 is 4.90 Å². The molecule has 0 radical (unpaired) electrons. The third-order valence-corrected chi connectivity index (χ3v) is 16.0. The summed E-state index contributed by atoms with van der Waals surface area (Å²) in [5.74, 6) is 0. The molecule has 0 aromatic heterocycles. The van der Waals surface area contributed by atoms with Crippen molar-refractivity contribution in [1.82, 2.24) is 0 Å². The van der Waals surface area contributed by atoms with Crippen molar-refractivity contribution in [3.8, 4) is 55.6 Å². The summed E-state index contributed by atoms with van der Waals surface area (Å²) in [6.07, 6.45) is 0. The van der Waals surface area contributed by atoms with Crippen LogP contribution in [0, 0.1) is 0 Å². The lowest BCUT2D eigenvalue weighted by Crippen LogP contribution is -2.28. The van der Waals surface area contributed by atoms with E-state index < -0.39 is 10.8 Å². The number of rotatable bonds is 10. The summed E-state index contributed by atoms with van der Waals surface area (Å²) in [4.78, 5) is 2.50. The van der Waals surface area contributed by atoms with E-state index in [1.807, 2.05) is 0 Å². The summed E-state index contributed by atoms with van der Waals surface area (Å²) >= 11 is 0. The molecule has 352 valence electrons. The fourth-order valence-corrected chi connectivity index (χ4v) is 12.9. The Morgan fingerprint density at radius 1 is 0.213 bits per heavy atom. The minimum Gasteiger partial charge on any atom is -0.310 e. The second-order valence-corrected chi connectivity index (χ2v) is 19.9. The Bertz CT molecular complexity index is 3870. The predicted molar refractivity (Wildman–Crippen MR) is 312 cm³/mol. The summed E-state index contributed by atoms with van der Waals surface area (Å²) in [5, 5.41) is 0. The van der Waals surface area contributed by atoms with Crippen molar-refractivity contribution in [2.24, 2.45) is 0 Å². The van der Waals surface area contributed by atoms with Crippen molar-refractivity contribution in [3.05, 3.63) is 354 Å². The standard InChI is InChI=1S/C74H51N/c1-6-23-52(24-7-1)55-49-56(53-25-8-2-9-26-53)51-57(50-55)54-41-45-62(46-42-54)75(63-47-43-61(44-48-63)73(58-27-10-3-11-28-58)67-36-19-16-33-64(67)65-34-17-20-37-68(65)73)71-40-22-39-70-72(71)66-35-18-21-38-69(66)74(70,59-29-12-4-13-30-59)60-31-14-5-15-32-60/h1-51H. The van der Waals surface area contributed by atoms with Gasteiger partial charge in [-0.1, -0.05) is 261 Å².